The van der Waals surface area contributed by atoms with Crippen molar-refractivity contribution in [1.29, 1.82) is 0 Å². The third-order valence-corrected chi connectivity index (χ3v) is 5.47. The number of ketones is 1. The first-order valence-corrected chi connectivity index (χ1v) is 8.95. The summed E-state index contributed by atoms with van der Waals surface area (Å²) in [7, 11) is 0. The number of halogens is 4. The van der Waals surface area contributed by atoms with Gasteiger partial charge in [-0.05, 0) is 75.2 Å². The van der Waals surface area contributed by atoms with Crippen LogP contribution in [0.2, 0.25) is 20.1 Å². The summed E-state index contributed by atoms with van der Waals surface area (Å²) < 4.78 is 0. The second-order valence-corrected chi connectivity index (χ2v) is 8.51. The van der Waals surface area contributed by atoms with E-state index in [1.807, 2.05) is 27.7 Å². The van der Waals surface area contributed by atoms with Crippen LogP contribution in [0, 0.1) is 0 Å². The van der Waals surface area contributed by atoms with Crippen LogP contribution in [0.3, 0.4) is 0 Å². The van der Waals surface area contributed by atoms with E-state index in [2.05, 4.69) is 0 Å². The van der Waals surface area contributed by atoms with E-state index in [-0.39, 0.29) is 5.78 Å². The molecular formula is C19H18Cl4O. The van der Waals surface area contributed by atoms with Crippen molar-refractivity contribution in [2.24, 2.45) is 0 Å². The molecule has 5 heteroatoms. The van der Waals surface area contributed by atoms with Crippen molar-refractivity contribution in [3.05, 3.63) is 67.6 Å². The van der Waals surface area contributed by atoms with Crippen LogP contribution in [0.15, 0.2) is 36.4 Å². The minimum Gasteiger partial charge on any atom is -0.298 e. The average molecular weight is 404 g/mol. The van der Waals surface area contributed by atoms with Gasteiger partial charge in [-0.25, -0.2) is 0 Å². The molecule has 0 unspecified atom stereocenters. The molecule has 0 aliphatic rings. The molecule has 0 radical (unpaired) electrons. The Morgan fingerprint density at radius 3 is 1.38 bits per heavy atom. The summed E-state index contributed by atoms with van der Waals surface area (Å²) in [6, 6.07) is 10.3. The third kappa shape index (κ3) is 3.60. The predicted molar refractivity (Wildman–Crippen MR) is 104 cm³/mol. The van der Waals surface area contributed by atoms with Gasteiger partial charge >= 0.3 is 0 Å². The highest BCUT2D eigenvalue weighted by Crippen LogP contribution is 2.41. The maximum Gasteiger partial charge on any atom is 0.152 e. The lowest BCUT2D eigenvalue weighted by atomic mass is 9.67. The van der Waals surface area contributed by atoms with Crippen molar-refractivity contribution in [3.8, 4) is 0 Å². The number of carbonyl (C=O) groups is 1. The number of hydrogen-bond donors (Lipinski definition) is 0. The van der Waals surface area contributed by atoms with Gasteiger partial charge in [0.15, 0.2) is 5.78 Å². The Hall–Kier alpha value is -0.730. The monoisotopic (exact) mass is 402 g/mol. The van der Waals surface area contributed by atoms with E-state index < -0.39 is 10.8 Å². The highest BCUT2D eigenvalue weighted by Gasteiger charge is 2.43. The molecule has 0 atom stereocenters. The fourth-order valence-electron chi connectivity index (χ4n) is 2.98. The van der Waals surface area contributed by atoms with Crippen molar-refractivity contribution in [2.45, 2.75) is 38.5 Å². The predicted octanol–water partition coefficient (Wildman–Crippen LogP) is 7.12. The summed E-state index contributed by atoms with van der Waals surface area (Å²) in [5.41, 5.74) is -0.324. The fraction of sp³-hybridized carbons (Fsp3) is 0.316. The Balaban J connectivity index is 2.56. The van der Waals surface area contributed by atoms with Gasteiger partial charge in [-0.15, -0.1) is 0 Å². The highest BCUT2D eigenvalue weighted by molar-refractivity contribution is 6.35. The van der Waals surface area contributed by atoms with Gasteiger partial charge < -0.3 is 0 Å². The van der Waals surface area contributed by atoms with Crippen LogP contribution in [-0.2, 0) is 15.6 Å². The topological polar surface area (TPSA) is 17.1 Å². The summed E-state index contributed by atoms with van der Waals surface area (Å²) in [6.07, 6.45) is 0. The molecule has 2 aromatic carbocycles. The van der Waals surface area contributed by atoms with Gasteiger partial charge in [-0.3, -0.25) is 4.79 Å². The molecule has 128 valence electrons. The third-order valence-electron chi connectivity index (χ3n) is 4.34. The number of benzene rings is 2. The Kier molecular flexibility index (Phi) is 5.62. The minimum absolute atomic E-state index is 0.0247. The molecule has 0 amide bonds. The molecule has 0 bridgehead atoms. The second kappa shape index (κ2) is 6.88. The second-order valence-electron chi connectivity index (χ2n) is 6.83. The number of hydrogen-bond acceptors (Lipinski definition) is 1. The van der Waals surface area contributed by atoms with Crippen molar-refractivity contribution in [2.75, 3.05) is 0 Å². The van der Waals surface area contributed by atoms with Crippen LogP contribution in [0.25, 0.3) is 0 Å². The first-order valence-electron chi connectivity index (χ1n) is 7.44. The van der Waals surface area contributed by atoms with E-state index in [1.54, 1.807) is 36.4 Å². The van der Waals surface area contributed by atoms with Gasteiger partial charge in [0.2, 0.25) is 0 Å². The fourth-order valence-corrected chi connectivity index (χ4v) is 4.03. The number of carbonyl (C=O) groups excluding carboxylic acids is 1. The largest absolute Gasteiger partial charge is 0.298 e. The van der Waals surface area contributed by atoms with Crippen LogP contribution < -0.4 is 0 Å². The van der Waals surface area contributed by atoms with E-state index in [1.165, 1.54) is 0 Å². The van der Waals surface area contributed by atoms with Crippen LogP contribution >= 0.6 is 46.4 Å². The van der Waals surface area contributed by atoms with Crippen molar-refractivity contribution in [3.63, 3.8) is 0 Å². The van der Waals surface area contributed by atoms with Crippen LogP contribution in [0.1, 0.15) is 38.8 Å². The number of Topliss-reactive ketones (excluding diaryl/α,β-unsaturated/α-hetero) is 1. The molecule has 24 heavy (non-hydrogen) atoms. The van der Waals surface area contributed by atoms with Crippen LogP contribution in [-0.4, -0.2) is 5.78 Å². The summed E-state index contributed by atoms with van der Waals surface area (Å²) in [5, 5.41) is 2.08. The molecule has 0 aromatic heterocycles. The quantitative estimate of drug-likeness (QED) is 0.530. The van der Waals surface area contributed by atoms with E-state index in [9.17, 15) is 4.79 Å². The summed E-state index contributed by atoms with van der Waals surface area (Å²) in [6.45, 7) is 7.36. The first kappa shape index (κ1) is 19.6. The Morgan fingerprint density at radius 1 is 0.708 bits per heavy atom. The maximum atomic E-state index is 13.4. The van der Waals surface area contributed by atoms with Gasteiger partial charge in [0, 0.05) is 20.1 Å². The van der Waals surface area contributed by atoms with Gasteiger partial charge in [0.1, 0.15) is 0 Å². The lowest BCUT2D eigenvalue weighted by molar-refractivity contribution is -0.128. The smallest absolute Gasteiger partial charge is 0.152 e. The summed E-state index contributed by atoms with van der Waals surface area (Å²) >= 11 is 24.8. The summed E-state index contributed by atoms with van der Waals surface area (Å²) in [5.74, 6) is -0.0247. The van der Waals surface area contributed by atoms with Crippen LogP contribution in [0.5, 0.6) is 0 Å². The van der Waals surface area contributed by atoms with E-state index in [4.69, 9.17) is 46.4 Å². The van der Waals surface area contributed by atoms with Gasteiger partial charge in [-0.1, -0.05) is 46.4 Å². The van der Waals surface area contributed by atoms with Crippen molar-refractivity contribution >= 4 is 52.2 Å². The molecule has 0 N–H and O–H groups in total. The standard InChI is InChI=1S/C19H18Cl4O/c1-18(2,13-9-11(20)5-7-15(13)22)17(24)19(3,4)14-10-12(21)6-8-16(14)23/h5-10H,1-4H3. The molecule has 2 rings (SSSR count). The first-order chi connectivity index (χ1) is 11.0. The van der Waals surface area contributed by atoms with E-state index >= 15 is 0 Å². The van der Waals surface area contributed by atoms with Gasteiger partial charge in [0.05, 0.1) is 10.8 Å². The molecule has 0 saturated heterocycles. The Bertz CT molecular complexity index is 728. The molecule has 0 aliphatic carbocycles. The SMILES string of the molecule is CC(C)(C(=O)C(C)(C)c1cc(Cl)ccc1Cl)c1cc(Cl)ccc1Cl. The number of rotatable bonds is 4. The molecule has 0 aliphatic heterocycles. The zero-order valence-electron chi connectivity index (χ0n) is 13.9. The molecule has 0 heterocycles. The van der Waals surface area contributed by atoms with Gasteiger partial charge in [0.25, 0.3) is 0 Å². The van der Waals surface area contributed by atoms with Crippen molar-refractivity contribution < 1.29 is 4.79 Å². The highest BCUT2D eigenvalue weighted by atomic mass is 35.5. The molecule has 0 saturated carbocycles. The molecule has 2 aromatic rings. The lowest BCUT2D eigenvalue weighted by Gasteiger charge is -2.35. The van der Waals surface area contributed by atoms with E-state index in [0.717, 1.165) is 0 Å². The molecule has 1 nitrogen and oxygen atoms in total. The van der Waals surface area contributed by atoms with Gasteiger partial charge in [-0.2, -0.15) is 0 Å². The van der Waals surface area contributed by atoms with E-state index in [0.29, 0.717) is 31.2 Å². The average Bonchev–Trinajstić information content (AvgIpc) is 2.51. The van der Waals surface area contributed by atoms with Crippen molar-refractivity contribution in [1.82, 2.24) is 0 Å². The molecule has 0 spiro atoms. The molecule has 0 fully saturated rings. The van der Waals surface area contributed by atoms with Crippen LogP contribution in [0.4, 0.5) is 0 Å². The lowest BCUT2D eigenvalue weighted by Crippen LogP contribution is -2.43. The Labute approximate surface area is 162 Å². The Morgan fingerprint density at radius 2 is 1.04 bits per heavy atom. The minimum atomic E-state index is -0.850. The summed E-state index contributed by atoms with van der Waals surface area (Å²) in [4.78, 5) is 13.4. The zero-order chi connectivity index (χ0) is 18.3. The molecular weight excluding hydrogens is 386 g/mol. The zero-order valence-corrected chi connectivity index (χ0v) is 16.9. The maximum absolute atomic E-state index is 13.4. The normalized spacial score (nSPS) is 12.3.